The molecule has 0 aliphatic heterocycles. The van der Waals surface area contributed by atoms with Crippen molar-refractivity contribution in [3.63, 3.8) is 0 Å². The number of anilines is 1. The number of nitrogens with one attached hydrogen (secondary N) is 1. The zero-order chi connectivity index (χ0) is 24.9. The predicted octanol–water partition coefficient (Wildman–Crippen LogP) is 3.92. The lowest BCUT2D eigenvalue weighted by molar-refractivity contribution is 0.355. The molecular formula is C25H22N6O3S. The minimum atomic E-state index is -0.162. The molecule has 0 amide bonds. The first kappa shape index (κ1) is 23.7. The monoisotopic (exact) mass is 486 g/mol. The van der Waals surface area contributed by atoms with Gasteiger partial charge in [-0.3, -0.25) is 4.57 Å². The molecule has 0 saturated heterocycles. The van der Waals surface area contributed by atoms with Crippen LogP contribution in [0, 0.1) is 22.7 Å². The number of pyridine rings is 1. The highest BCUT2D eigenvalue weighted by molar-refractivity contribution is 7.99. The number of ether oxygens (including phenoxy) is 2. The third-order valence-electron chi connectivity index (χ3n) is 5.53. The van der Waals surface area contributed by atoms with Crippen LogP contribution in [0.15, 0.2) is 52.3 Å². The van der Waals surface area contributed by atoms with Gasteiger partial charge in [0, 0.05) is 17.9 Å². The van der Waals surface area contributed by atoms with Crippen LogP contribution in [-0.2, 0) is 6.54 Å². The van der Waals surface area contributed by atoms with Crippen molar-refractivity contribution in [2.24, 2.45) is 0 Å². The number of thioether (sulfide) groups is 1. The van der Waals surface area contributed by atoms with Crippen molar-refractivity contribution in [3.05, 3.63) is 64.1 Å². The molecule has 0 saturated carbocycles. The second-order valence-corrected chi connectivity index (χ2v) is 8.61. The second kappa shape index (κ2) is 10.2. The molecule has 2 aromatic heterocycles. The fourth-order valence-corrected chi connectivity index (χ4v) is 4.82. The highest BCUT2D eigenvalue weighted by Crippen LogP contribution is 2.39. The van der Waals surface area contributed by atoms with E-state index in [1.807, 2.05) is 24.3 Å². The molecule has 0 unspecified atom stereocenters. The van der Waals surface area contributed by atoms with Crippen molar-refractivity contribution >= 4 is 28.6 Å². The van der Waals surface area contributed by atoms with Crippen LogP contribution in [-0.4, -0.2) is 34.5 Å². The quantitative estimate of drug-likeness (QED) is 0.282. The third kappa shape index (κ3) is 4.52. The van der Waals surface area contributed by atoms with Crippen molar-refractivity contribution in [1.29, 1.82) is 10.5 Å². The Hall–Kier alpha value is -4.41. The van der Waals surface area contributed by atoms with Gasteiger partial charge in [-0.25, -0.2) is 9.78 Å². The van der Waals surface area contributed by atoms with Gasteiger partial charge in [0.1, 0.15) is 28.5 Å². The van der Waals surface area contributed by atoms with Gasteiger partial charge in [-0.05, 0) is 36.2 Å². The van der Waals surface area contributed by atoms with Gasteiger partial charge in [0.2, 0.25) is 0 Å². The molecule has 9 nitrogen and oxygen atoms in total. The number of imidazole rings is 1. The molecular weight excluding hydrogens is 464 g/mol. The number of H-pyrrole nitrogens is 1. The standard InChI is InChI=1S/C25H22N6O3S/c1-33-20-9-8-15(12-21(20)34-2)22-16(13-26)23(28)30-24(17(22)14-27)35-11-5-10-31-19-7-4-3-6-18(19)29-25(31)32/h3-4,6-9,12H,5,10-11H2,1-2H3,(H2,28,30)(H,29,32). The number of rotatable bonds is 8. The Kier molecular flexibility index (Phi) is 6.95. The molecule has 176 valence electrons. The molecule has 35 heavy (non-hydrogen) atoms. The zero-order valence-electron chi connectivity index (χ0n) is 19.2. The number of aryl methyl sites for hydroxylation is 1. The Morgan fingerprint density at radius 3 is 2.54 bits per heavy atom. The lowest BCUT2D eigenvalue weighted by Gasteiger charge is -2.15. The minimum Gasteiger partial charge on any atom is -0.493 e. The molecule has 0 aliphatic rings. The van der Waals surface area contributed by atoms with Crippen LogP contribution in [0.1, 0.15) is 17.5 Å². The van der Waals surface area contributed by atoms with Crippen LogP contribution < -0.4 is 20.9 Å². The van der Waals surface area contributed by atoms with Crippen LogP contribution in [0.4, 0.5) is 5.82 Å². The van der Waals surface area contributed by atoms with Crippen molar-refractivity contribution < 1.29 is 9.47 Å². The van der Waals surface area contributed by atoms with Gasteiger partial charge in [0.05, 0.1) is 30.8 Å². The number of aromatic amines is 1. The number of nitrogen functional groups attached to an aromatic ring is 1. The molecule has 0 aliphatic carbocycles. The number of benzene rings is 2. The number of hydrogen-bond acceptors (Lipinski definition) is 8. The number of nitrogens with two attached hydrogens (primary N) is 1. The Bertz CT molecular complexity index is 1540. The first-order valence-electron chi connectivity index (χ1n) is 10.7. The van der Waals surface area contributed by atoms with Gasteiger partial charge in [0.25, 0.3) is 0 Å². The molecule has 0 fully saturated rings. The Balaban J connectivity index is 1.63. The summed E-state index contributed by atoms with van der Waals surface area (Å²) in [7, 11) is 3.04. The first-order valence-corrected chi connectivity index (χ1v) is 11.7. The summed E-state index contributed by atoms with van der Waals surface area (Å²) in [5.41, 5.74) is 8.98. The zero-order valence-corrected chi connectivity index (χ0v) is 20.0. The summed E-state index contributed by atoms with van der Waals surface area (Å²) >= 11 is 1.36. The maximum atomic E-state index is 12.3. The van der Waals surface area contributed by atoms with Crippen LogP contribution in [0.5, 0.6) is 11.5 Å². The van der Waals surface area contributed by atoms with E-state index in [-0.39, 0.29) is 22.6 Å². The molecule has 0 spiro atoms. The molecule has 3 N–H and O–H groups in total. The largest absolute Gasteiger partial charge is 0.493 e. The highest BCUT2D eigenvalue weighted by atomic mass is 32.2. The molecule has 0 radical (unpaired) electrons. The molecule has 0 bridgehead atoms. The maximum absolute atomic E-state index is 12.3. The summed E-state index contributed by atoms with van der Waals surface area (Å²) < 4.78 is 12.4. The van der Waals surface area contributed by atoms with Crippen molar-refractivity contribution in [1.82, 2.24) is 14.5 Å². The SMILES string of the molecule is COc1ccc(-c2c(C#N)c(N)nc(SCCCn3c(=O)[nH]c4ccccc43)c2C#N)cc1OC. The van der Waals surface area contributed by atoms with E-state index in [9.17, 15) is 15.3 Å². The van der Waals surface area contributed by atoms with Crippen molar-refractivity contribution in [2.75, 3.05) is 25.7 Å². The first-order chi connectivity index (χ1) is 17.0. The van der Waals surface area contributed by atoms with Crippen molar-refractivity contribution in [2.45, 2.75) is 18.0 Å². The fourth-order valence-electron chi connectivity index (χ4n) is 3.90. The third-order valence-corrected chi connectivity index (χ3v) is 6.60. The van der Waals surface area contributed by atoms with E-state index < -0.39 is 0 Å². The summed E-state index contributed by atoms with van der Waals surface area (Å²) in [6, 6.07) is 16.9. The maximum Gasteiger partial charge on any atom is 0.326 e. The number of methoxy groups -OCH3 is 2. The average Bonchev–Trinajstić information content (AvgIpc) is 3.20. The van der Waals surface area contributed by atoms with E-state index in [4.69, 9.17) is 15.2 Å². The van der Waals surface area contributed by atoms with E-state index >= 15 is 0 Å². The normalized spacial score (nSPS) is 10.6. The van der Waals surface area contributed by atoms with Crippen LogP contribution in [0.25, 0.3) is 22.2 Å². The lowest BCUT2D eigenvalue weighted by Crippen LogP contribution is -2.17. The highest BCUT2D eigenvalue weighted by Gasteiger charge is 2.21. The predicted molar refractivity (Wildman–Crippen MR) is 135 cm³/mol. The Labute approximate surface area is 205 Å². The summed E-state index contributed by atoms with van der Waals surface area (Å²) in [5.74, 6) is 1.63. The fraction of sp³-hybridized carbons (Fsp3) is 0.200. The van der Waals surface area contributed by atoms with Gasteiger partial charge >= 0.3 is 5.69 Å². The minimum absolute atomic E-state index is 0.0478. The number of aromatic nitrogens is 3. The second-order valence-electron chi connectivity index (χ2n) is 7.52. The van der Waals surface area contributed by atoms with Crippen molar-refractivity contribution in [3.8, 4) is 34.8 Å². The number of nitriles is 2. The van der Waals surface area contributed by atoms with Gasteiger partial charge < -0.3 is 20.2 Å². The molecule has 4 aromatic rings. The lowest BCUT2D eigenvalue weighted by atomic mass is 9.96. The average molecular weight is 487 g/mol. The van der Waals surface area contributed by atoms with E-state index in [2.05, 4.69) is 22.1 Å². The van der Waals surface area contributed by atoms with E-state index in [0.717, 1.165) is 11.0 Å². The summed E-state index contributed by atoms with van der Waals surface area (Å²) in [6.45, 7) is 0.506. The smallest absolute Gasteiger partial charge is 0.326 e. The Morgan fingerprint density at radius 2 is 1.83 bits per heavy atom. The number of nitrogens with zero attached hydrogens (tertiary/aromatic N) is 4. The number of hydrogen-bond donors (Lipinski definition) is 2. The van der Waals surface area contributed by atoms with Gasteiger partial charge in [-0.1, -0.05) is 18.2 Å². The summed E-state index contributed by atoms with van der Waals surface area (Å²) in [5, 5.41) is 20.2. The van der Waals surface area contributed by atoms with Gasteiger partial charge in [-0.15, -0.1) is 11.8 Å². The van der Waals surface area contributed by atoms with Crippen LogP contribution >= 0.6 is 11.8 Å². The van der Waals surface area contributed by atoms with Crippen LogP contribution in [0.3, 0.4) is 0 Å². The van der Waals surface area contributed by atoms with Gasteiger partial charge in [0.15, 0.2) is 11.5 Å². The molecule has 4 rings (SSSR count). The molecule has 2 heterocycles. The summed E-state index contributed by atoms with van der Waals surface area (Å²) in [6.07, 6.45) is 0.657. The van der Waals surface area contributed by atoms with E-state index in [1.54, 1.807) is 22.8 Å². The van der Waals surface area contributed by atoms with E-state index in [0.29, 0.717) is 46.4 Å². The molecule has 0 atom stereocenters. The summed E-state index contributed by atoms with van der Waals surface area (Å²) in [4.78, 5) is 19.5. The van der Waals surface area contributed by atoms with Crippen LogP contribution in [0.2, 0.25) is 0 Å². The number of para-hydroxylation sites is 2. The van der Waals surface area contributed by atoms with Gasteiger partial charge in [-0.2, -0.15) is 10.5 Å². The molecule has 2 aromatic carbocycles. The topological polar surface area (TPSA) is 143 Å². The molecule has 10 heteroatoms. The van der Waals surface area contributed by atoms with E-state index in [1.165, 1.54) is 26.0 Å². The Morgan fingerprint density at radius 1 is 1.09 bits per heavy atom. The number of fused-ring (bicyclic) bond motifs is 1.